The summed E-state index contributed by atoms with van der Waals surface area (Å²) in [5.74, 6) is -1.11. The van der Waals surface area contributed by atoms with Gasteiger partial charge in [0.05, 0.1) is 19.3 Å². The van der Waals surface area contributed by atoms with E-state index in [1.807, 2.05) is 0 Å². The number of aromatic hydroxyl groups is 1. The number of hydrogen-bond donors (Lipinski definition) is 2. The molecular formula is C13H18FNO4. The van der Waals surface area contributed by atoms with E-state index in [9.17, 15) is 14.3 Å². The maximum Gasteiger partial charge on any atom is 0.342 e. The first-order valence-corrected chi connectivity index (χ1v) is 6.03. The Kier molecular flexibility index (Phi) is 5.57. The molecule has 0 fully saturated rings. The maximum absolute atomic E-state index is 13.8. The zero-order valence-electron chi connectivity index (χ0n) is 10.9. The van der Waals surface area contributed by atoms with Gasteiger partial charge in [-0.1, -0.05) is 12.1 Å². The van der Waals surface area contributed by atoms with Crippen LogP contribution < -0.4 is 10.5 Å². The number of phenols is 1. The van der Waals surface area contributed by atoms with Crippen molar-refractivity contribution in [3.05, 3.63) is 23.8 Å². The van der Waals surface area contributed by atoms with Crippen LogP contribution in [0.2, 0.25) is 0 Å². The molecule has 0 aliphatic heterocycles. The van der Waals surface area contributed by atoms with Gasteiger partial charge >= 0.3 is 5.97 Å². The van der Waals surface area contributed by atoms with Gasteiger partial charge in [0.25, 0.3) is 0 Å². The fourth-order valence-corrected chi connectivity index (χ4v) is 1.61. The number of nitrogens with two attached hydrogens (primary N) is 1. The van der Waals surface area contributed by atoms with Gasteiger partial charge in [-0.3, -0.25) is 0 Å². The van der Waals surface area contributed by atoms with E-state index in [1.165, 1.54) is 12.1 Å². The molecule has 0 saturated heterocycles. The Hall–Kier alpha value is -1.82. The van der Waals surface area contributed by atoms with Crippen LogP contribution >= 0.6 is 0 Å². The highest BCUT2D eigenvalue weighted by Crippen LogP contribution is 2.34. The summed E-state index contributed by atoms with van der Waals surface area (Å²) in [4.78, 5) is 11.3. The molecule has 2 atom stereocenters. The lowest BCUT2D eigenvalue weighted by atomic mass is 10.0. The monoisotopic (exact) mass is 271 g/mol. The van der Waals surface area contributed by atoms with E-state index in [4.69, 9.17) is 10.5 Å². The van der Waals surface area contributed by atoms with Crippen LogP contribution in [-0.2, 0) is 9.53 Å². The largest absolute Gasteiger partial charge is 0.504 e. The van der Waals surface area contributed by atoms with Gasteiger partial charge in [0.2, 0.25) is 6.17 Å². The van der Waals surface area contributed by atoms with E-state index in [0.717, 1.165) is 0 Å². The highest BCUT2D eigenvalue weighted by molar-refractivity contribution is 5.76. The van der Waals surface area contributed by atoms with Crippen molar-refractivity contribution in [1.29, 1.82) is 0 Å². The van der Waals surface area contributed by atoms with Gasteiger partial charge in [0.15, 0.2) is 11.5 Å². The number of alkyl halides is 1. The number of carbonyl (C=O) groups excluding carboxylic acids is 1. The van der Waals surface area contributed by atoms with E-state index in [-0.39, 0.29) is 23.7 Å². The number of ether oxygens (including phenoxy) is 2. The van der Waals surface area contributed by atoms with Crippen LogP contribution in [0.5, 0.6) is 11.5 Å². The Labute approximate surface area is 111 Å². The Morgan fingerprint density at radius 2 is 2.11 bits per heavy atom. The molecule has 6 heteroatoms. The van der Waals surface area contributed by atoms with Gasteiger partial charge < -0.3 is 20.3 Å². The number of carbonyl (C=O) groups is 1. The summed E-state index contributed by atoms with van der Waals surface area (Å²) in [5.41, 5.74) is 5.75. The Bertz CT molecular complexity index is 439. The molecule has 1 unspecified atom stereocenters. The molecule has 0 aliphatic rings. The average Bonchev–Trinajstić information content (AvgIpc) is 2.40. The number of para-hydroxylation sites is 1. The van der Waals surface area contributed by atoms with E-state index in [0.29, 0.717) is 6.61 Å². The number of halogens is 1. The molecule has 0 spiro atoms. The first-order chi connectivity index (χ1) is 9.02. The van der Waals surface area contributed by atoms with E-state index < -0.39 is 18.2 Å². The van der Waals surface area contributed by atoms with Crippen molar-refractivity contribution in [3.8, 4) is 11.5 Å². The lowest BCUT2D eigenvalue weighted by molar-refractivity contribution is -0.149. The van der Waals surface area contributed by atoms with Gasteiger partial charge in [-0.2, -0.15) is 0 Å². The lowest BCUT2D eigenvalue weighted by Crippen LogP contribution is -2.31. The van der Waals surface area contributed by atoms with Crippen LogP contribution in [0.1, 0.15) is 25.5 Å². The van der Waals surface area contributed by atoms with Crippen LogP contribution in [0.4, 0.5) is 4.39 Å². The van der Waals surface area contributed by atoms with Gasteiger partial charge in [-0.15, -0.1) is 0 Å². The third-order valence-corrected chi connectivity index (χ3v) is 2.52. The quantitative estimate of drug-likeness (QED) is 0.769. The minimum Gasteiger partial charge on any atom is -0.504 e. The summed E-state index contributed by atoms with van der Waals surface area (Å²) in [6.45, 7) is 3.74. The fraction of sp³-hybridized carbons (Fsp3) is 0.462. The van der Waals surface area contributed by atoms with Gasteiger partial charge in [-0.05, 0) is 19.9 Å². The first kappa shape index (κ1) is 15.2. The number of esters is 1. The Morgan fingerprint density at radius 1 is 1.42 bits per heavy atom. The zero-order chi connectivity index (χ0) is 14.4. The minimum absolute atomic E-state index is 0.0664. The standard InChI is InChI=1S/C13H18FNO4/c1-3-18-9-7-5-6-8(12(9)16)11(15)10(14)13(17)19-4-2/h5-7,10-11,16H,3-4,15H2,1-2H3/t10?,11-/m0/s1. The molecule has 0 heterocycles. The summed E-state index contributed by atoms with van der Waals surface area (Å²) < 4.78 is 23.5. The van der Waals surface area contributed by atoms with Gasteiger partial charge in [0, 0.05) is 5.56 Å². The normalized spacial score (nSPS) is 13.7. The highest BCUT2D eigenvalue weighted by Gasteiger charge is 2.30. The van der Waals surface area contributed by atoms with Gasteiger partial charge in [-0.25, -0.2) is 9.18 Å². The van der Waals surface area contributed by atoms with Crippen LogP contribution in [0.25, 0.3) is 0 Å². The molecule has 19 heavy (non-hydrogen) atoms. The summed E-state index contributed by atoms with van der Waals surface area (Å²) in [7, 11) is 0. The molecule has 1 aromatic rings. The fourth-order valence-electron chi connectivity index (χ4n) is 1.61. The van der Waals surface area contributed by atoms with Crippen molar-refractivity contribution in [1.82, 2.24) is 0 Å². The molecule has 0 radical (unpaired) electrons. The van der Waals surface area contributed by atoms with Crippen LogP contribution in [0.15, 0.2) is 18.2 Å². The summed E-state index contributed by atoms with van der Waals surface area (Å²) in [5, 5.41) is 9.93. The predicted octanol–water partition coefficient (Wildman–Crippen LogP) is 1.69. The third kappa shape index (κ3) is 3.57. The average molecular weight is 271 g/mol. The summed E-state index contributed by atoms with van der Waals surface area (Å²) in [6.07, 6.45) is -2.04. The Balaban J connectivity index is 2.96. The molecule has 0 aliphatic carbocycles. The zero-order valence-corrected chi connectivity index (χ0v) is 10.9. The van der Waals surface area contributed by atoms with E-state index in [2.05, 4.69) is 4.74 Å². The Morgan fingerprint density at radius 3 is 2.68 bits per heavy atom. The maximum atomic E-state index is 13.8. The molecule has 1 rings (SSSR count). The third-order valence-electron chi connectivity index (χ3n) is 2.52. The molecule has 0 aromatic heterocycles. The highest BCUT2D eigenvalue weighted by atomic mass is 19.1. The second kappa shape index (κ2) is 6.94. The minimum atomic E-state index is -2.04. The van der Waals surface area contributed by atoms with Crippen LogP contribution in [0.3, 0.4) is 0 Å². The number of rotatable bonds is 6. The smallest absolute Gasteiger partial charge is 0.342 e. The summed E-state index contributed by atoms with van der Waals surface area (Å²) in [6, 6.07) is 3.23. The van der Waals surface area contributed by atoms with Crippen LogP contribution in [0, 0.1) is 0 Å². The predicted molar refractivity (Wildman–Crippen MR) is 67.7 cm³/mol. The molecule has 3 N–H and O–H groups in total. The molecule has 1 aromatic carbocycles. The first-order valence-electron chi connectivity index (χ1n) is 6.03. The van der Waals surface area contributed by atoms with E-state index >= 15 is 0 Å². The van der Waals surface area contributed by atoms with Crippen molar-refractivity contribution in [3.63, 3.8) is 0 Å². The van der Waals surface area contributed by atoms with Crippen molar-refractivity contribution in [2.45, 2.75) is 26.1 Å². The molecule has 0 amide bonds. The molecule has 106 valence electrons. The number of benzene rings is 1. The molecule has 0 saturated carbocycles. The topological polar surface area (TPSA) is 81.8 Å². The second-order valence-corrected chi connectivity index (χ2v) is 3.81. The van der Waals surface area contributed by atoms with Crippen LogP contribution in [-0.4, -0.2) is 30.5 Å². The number of hydrogen-bond acceptors (Lipinski definition) is 5. The second-order valence-electron chi connectivity index (χ2n) is 3.81. The van der Waals surface area contributed by atoms with Crippen molar-refractivity contribution >= 4 is 5.97 Å². The summed E-state index contributed by atoms with van der Waals surface area (Å²) >= 11 is 0. The SMILES string of the molecule is CCOC(=O)C(F)[C@@H](N)c1cccc(OCC)c1O. The van der Waals surface area contributed by atoms with Crippen molar-refractivity contribution < 1.29 is 23.8 Å². The lowest BCUT2D eigenvalue weighted by Gasteiger charge is -2.18. The van der Waals surface area contributed by atoms with Gasteiger partial charge in [0.1, 0.15) is 0 Å². The molecule has 5 nitrogen and oxygen atoms in total. The molecular weight excluding hydrogens is 253 g/mol. The molecule has 0 bridgehead atoms. The number of phenolic OH excluding ortho intramolecular Hbond substituents is 1. The van der Waals surface area contributed by atoms with Crippen molar-refractivity contribution in [2.75, 3.05) is 13.2 Å². The van der Waals surface area contributed by atoms with E-state index in [1.54, 1.807) is 19.9 Å². The van der Waals surface area contributed by atoms with Crippen molar-refractivity contribution in [2.24, 2.45) is 5.73 Å².